The van der Waals surface area contributed by atoms with Crippen LogP contribution < -0.4 is 15.4 Å². The SMILES string of the molecule is COc1cc(N=Nc2cc(S(=O)(=O)O)c3cccc(S(=O)(=O)O)c3c2)c(Cl)cc1N=Nc1c(Nc2ccc(S(=O)(=O)O)cc2)nc(Nc2ccc(S(=O)(=O)O)cc2)c(C#N)c1C. The second-order valence-corrected chi connectivity index (χ2v) is 18.7. The van der Waals surface area contributed by atoms with Crippen molar-refractivity contribution in [2.24, 2.45) is 20.5 Å². The molecule has 6 aromatic rings. The number of benzene rings is 5. The van der Waals surface area contributed by atoms with Crippen LogP contribution in [-0.4, -0.2) is 64.0 Å². The van der Waals surface area contributed by atoms with E-state index < -0.39 is 55.2 Å². The number of rotatable bonds is 13. The molecule has 0 amide bonds. The van der Waals surface area contributed by atoms with Crippen LogP contribution in [0.2, 0.25) is 5.02 Å². The lowest BCUT2D eigenvalue weighted by molar-refractivity contribution is 0.416. The first-order valence-electron chi connectivity index (χ1n) is 16.8. The van der Waals surface area contributed by atoms with Crippen LogP contribution in [0.4, 0.5) is 45.8 Å². The number of ether oxygens (including phenoxy) is 1. The Hall–Kier alpha value is -6.47. The molecule has 21 nitrogen and oxygen atoms in total. The molecule has 6 N–H and O–H groups in total. The number of nitriles is 1. The van der Waals surface area contributed by atoms with Gasteiger partial charge in [0, 0.05) is 33.8 Å². The lowest BCUT2D eigenvalue weighted by atomic mass is 10.1. The zero-order valence-electron chi connectivity index (χ0n) is 31.3. The quantitative estimate of drug-likeness (QED) is 0.0467. The number of hydrogen-bond acceptors (Lipinski definition) is 17. The molecule has 26 heteroatoms. The van der Waals surface area contributed by atoms with E-state index in [-0.39, 0.29) is 83.3 Å². The zero-order chi connectivity index (χ0) is 45.4. The highest BCUT2D eigenvalue weighted by atomic mass is 35.5. The summed E-state index contributed by atoms with van der Waals surface area (Å²) in [6, 6.07) is 19.7. The van der Waals surface area contributed by atoms with Gasteiger partial charge < -0.3 is 15.4 Å². The topological polar surface area (TPSA) is 337 Å². The minimum atomic E-state index is -4.94. The van der Waals surface area contributed by atoms with Gasteiger partial charge >= 0.3 is 0 Å². The number of halogens is 1. The van der Waals surface area contributed by atoms with Crippen molar-refractivity contribution in [3.05, 3.63) is 107 Å². The summed E-state index contributed by atoms with van der Waals surface area (Å²) in [5.74, 6) is -0.0829. The molecule has 0 fully saturated rings. The normalized spacial score (nSPS) is 12.5. The average molecular weight is 943 g/mol. The Balaban J connectivity index is 1.41. The van der Waals surface area contributed by atoms with Gasteiger partial charge in [-0.3, -0.25) is 18.2 Å². The van der Waals surface area contributed by atoms with Crippen LogP contribution in [0.25, 0.3) is 10.8 Å². The molecule has 0 aliphatic heterocycles. The molecule has 0 spiro atoms. The Kier molecular flexibility index (Phi) is 12.4. The molecule has 1 heterocycles. The number of anilines is 4. The minimum absolute atomic E-state index is 0.00361. The standard InChI is InChI=1S/C36H27ClN8O13S4/c1-19-27(18-38)35(39-20-6-10-23(11-7-20)59(46,47)48)41-36(40-21-8-12-24(13-9-21)60(49,50)51)34(19)45-44-30-16-28(37)29(17-31(30)58-2)43-42-22-14-26-25(33(15-22)62(55,56)57)4-3-5-32(26)61(52,53)54/h3-17H,1-2H3,(H2,39,40,41)(H,46,47,48)(H,49,50,51)(H,52,53,54)(H,55,56,57). The van der Waals surface area contributed by atoms with Gasteiger partial charge in [0.15, 0.2) is 11.6 Å². The van der Waals surface area contributed by atoms with Crippen molar-refractivity contribution in [2.45, 2.75) is 26.5 Å². The Labute approximate surface area is 357 Å². The van der Waals surface area contributed by atoms with E-state index in [4.69, 9.17) is 16.3 Å². The van der Waals surface area contributed by atoms with E-state index in [1.165, 1.54) is 62.6 Å². The van der Waals surface area contributed by atoms with Crippen LogP contribution >= 0.6 is 11.6 Å². The van der Waals surface area contributed by atoms with E-state index in [1.54, 1.807) is 0 Å². The van der Waals surface area contributed by atoms with Gasteiger partial charge in [-0.2, -0.15) is 44.0 Å². The van der Waals surface area contributed by atoms with Crippen molar-refractivity contribution in [3.63, 3.8) is 0 Å². The number of methoxy groups -OCH3 is 1. The molecule has 320 valence electrons. The molecule has 5 aromatic carbocycles. The molecular formula is C36H27ClN8O13S4. The van der Waals surface area contributed by atoms with E-state index in [1.807, 2.05) is 6.07 Å². The van der Waals surface area contributed by atoms with Crippen LogP contribution in [0.15, 0.2) is 131 Å². The van der Waals surface area contributed by atoms with Crippen LogP contribution in [0.5, 0.6) is 5.75 Å². The molecule has 62 heavy (non-hydrogen) atoms. The molecular weight excluding hydrogens is 916 g/mol. The highest BCUT2D eigenvalue weighted by Gasteiger charge is 2.23. The number of aromatic nitrogens is 1. The van der Waals surface area contributed by atoms with Crippen LogP contribution in [-0.2, 0) is 40.5 Å². The van der Waals surface area contributed by atoms with Crippen LogP contribution in [0.1, 0.15) is 11.1 Å². The van der Waals surface area contributed by atoms with Gasteiger partial charge in [-0.25, -0.2) is 4.98 Å². The molecule has 0 saturated heterocycles. The van der Waals surface area contributed by atoms with Gasteiger partial charge in [0.1, 0.15) is 38.7 Å². The molecule has 0 bridgehead atoms. The molecule has 0 aliphatic carbocycles. The number of nitrogens with zero attached hydrogens (tertiary/aromatic N) is 6. The number of azo groups is 2. The Morgan fingerprint density at radius 1 is 0.645 bits per heavy atom. The summed E-state index contributed by atoms with van der Waals surface area (Å²) < 4.78 is 139. The van der Waals surface area contributed by atoms with Gasteiger partial charge in [0.2, 0.25) is 0 Å². The molecule has 0 radical (unpaired) electrons. The third-order valence-electron chi connectivity index (χ3n) is 8.59. The lowest BCUT2D eigenvalue weighted by Crippen LogP contribution is -2.05. The first kappa shape index (κ1) is 45.1. The highest BCUT2D eigenvalue weighted by Crippen LogP contribution is 2.42. The molecule has 0 unspecified atom stereocenters. The lowest BCUT2D eigenvalue weighted by Gasteiger charge is -2.16. The van der Waals surface area contributed by atoms with Crippen LogP contribution in [0.3, 0.4) is 0 Å². The van der Waals surface area contributed by atoms with Crippen LogP contribution in [0, 0.1) is 18.3 Å². The zero-order valence-corrected chi connectivity index (χ0v) is 35.3. The van der Waals surface area contributed by atoms with E-state index in [9.17, 15) is 57.1 Å². The predicted octanol–water partition coefficient (Wildman–Crippen LogP) is 8.38. The number of pyridine rings is 1. The molecule has 6 rings (SSSR count). The molecule has 0 atom stereocenters. The maximum atomic E-state index is 12.3. The number of nitrogens with one attached hydrogen (secondary N) is 2. The summed E-state index contributed by atoms with van der Waals surface area (Å²) in [4.78, 5) is 2.34. The fourth-order valence-corrected chi connectivity index (χ4v) is 8.27. The fraction of sp³-hybridized carbons (Fsp3) is 0.0556. The van der Waals surface area contributed by atoms with Gasteiger partial charge in [-0.15, -0.1) is 15.3 Å². The minimum Gasteiger partial charge on any atom is -0.494 e. The van der Waals surface area contributed by atoms with Crippen molar-refractivity contribution in [1.29, 1.82) is 5.26 Å². The van der Waals surface area contributed by atoms with Gasteiger partial charge in [-0.05, 0) is 79.7 Å². The van der Waals surface area contributed by atoms with Crippen molar-refractivity contribution in [3.8, 4) is 11.8 Å². The Bertz CT molecular complexity index is 3370. The Morgan fingerprint density at radius 3 is 1.71 bits per heavy atom. The monoisotopic (exact) mass is 942 g/mol. The largest absolute Gasteiger partial charge is 0.494 e. The van der Waals surface area contributed by atoms with E-state index >= 15 is 0 Å². The van der Waals surface area contributed by atoms with E-state index in [0.29, 0.717) is 0 Å². The summed E-state index contributed by atoms with van der Waals surface area (Å²) >= 11 is 6.54. The first-order valence-corrected chi connectivity index (χ1v) is 23.0. The Morgan fingerprint density at radius 2 is 1.19 bits per heavy atom. The number of hydrogen-bond donors (Lipinski definition) is 6. The van der Waals surface area contributed by atoms with Gasteiger partial charge in [0.05, 0.1) is 33.2 Å². The third-order valence-corrected chi connectivity index (χ3v) is 12.4. The second kappa shape index (κ2) is 17.1. The average Bonchev–Trinajstić information content (AvgIpc) is 3.19. The molecule has 0 saturated carbocycles. The summed E-state index contributed by atoms with van der Waals surface area (Å²) in [5.41, 5.74) is 0.302. The highest BCUT2D eigenvalue weighted by molar-refractivity contribution is 7.86. The predicted molar refractivity (Wildman–Crippen MR) is 223 cm³/mol. The summed E-state index contributed by atoms with van der Waals surface area (Å²) in [7, 11) is -17.6. The summed E-state index contributed by atoms with van der Waals surface area (Å²) in [6.45, 7) is 1.51. The fourth-order valence-electron chi connectivity index (χ4n) is 5.70. The smallest absolute Gasteiger partial charge is 0.295 e. The summed E-state index contributed by atoms with van der Waals surface area (Å²) in [6.07, 6.45) is 0. The first-order chi connectivity index (χ1) is 29.0. The van der Waals surface area contributed by atoms with Gasteiger partial charge in [0.25, 0.3) is 40.5 Å². The molecule has 1 aromatic heterocycles. The van der Waals surface area contributed by atoms with Crippen molar-refractivity contribution in [1.82, 2.24) is 4.98 Å². The van der Waals surface area contributed by atoms with Crippen molar-refractivity contribution >= 4 is 109 Å². The maximum Gasteiger partial charge on any atom is 0.295 e. The van der Waals surface area contributed by atoms with Gasteiger partial charge in [-0.1, -0.05) is 23.7 Å². The third kappa shape index (κ3) is 10.0. The van der Waals surface area contributed by atoms with Crippen molar-refractivity contribution in [2.75, 3.05) is 17.7 Å². The second-order valence-electron chi connectivity index (χ2n) is 12.6. The number of fused-ring (bicyclic) bond motifs is 1. The maximum absolute atomic E-state index is 12.3. The van der Waals surface area contributed by atoms with E-state index in [0.717, 1.165) is 42.5 Å². The summed E-state index contributed by atoms with van der Waals surface area (Å²) in [5, 5.41) is 32.1. The van der Waals surface area contributed by atoms with E-state index in [2.05, 4.69) is 36.1 Å². The molecule has 0 aliphatic rings. The van der Waals surface area contributed by atoms with Crippen molar-refractivity contribution < 1.29 is 56.6 Å².